The summed E-state index contributed by atoms with van der Waals surface area (Å²) in [5.41, 5.74) is 0. The Labute approximate surface area is 116 Å². The molecule has 0 aromatic carbocycles. The van der Waals surface area contributed by atoms with Crippen molar-refractivity contribution in [2.75, 3.05) is 25.6 Å². The Bertz CT molecular complexity index is 337. The smallest absolute Gasteiger partial charge is 0.0931 e. The minimum Gasteiger partial charge on any atom is -0.377 e. The van der Waals surface area contributed by atoms with Crippen LogP contribution in [0.5, 0.6) is 0 Å². The van der Waals surface area contributed by atoms with Gasteiger partial charge in [-0.2, -0.15) is 0 Å². The lowest BCUT2D eigenvalue weighted by Gasteiger charge is -2.31. The summed E-state index contributed by atoms with van der Waals surface area (Å²) in [5, 5.41) is 0. The van der Waals surface area contributed by atoms with Crippen molar-refractivity contribution in [3.05, 3.63) is 21.3 Å². The summed E-state index contributed by atoms with van der Waals surface area (Å²) in [7, 11) is 0. The molecule has 1 aliphatic heterocycles. The van der Waals surface area contributed by atoms with Gasteiger partial charge in [0.05, 0.1) is 17.0 Å². The van der Waals surface area contributed by atoms with Gasteiger partial charge in [0.15, 0.2) is 0 Å². The highest BCUT2D eigenvalue weighted by Gasteiger charge is 2.19. The first-order valence-electron chi connectivity index (χ1n) is 5.92. The van der Waals surface area contributed by atoms with Crippen molar-refractivity contribution in [1.29, 1.82) is 0 Å². The zero-order valence-corrected chi connectivity index (χ0v) is 12.0. The fourth-order valence-corrected chi connectivity index (χ4v) is 3.32. The molecule has 0 amide bonds. The lowest BCUT2D eigenvalue weighted by molar-refractivity contribution is 0.0137. The lowest BCUT2D eigenvalue weighted by atomic mass is 10.1. The fraction of sp³-hybridized carbons (Fsp3) is 0.667. The Hall–Kier alpha value is 0.200. The molecule has 96 valence electrons. The summed E-state index contributed by atoms with van der Waals surface area (Å²) in [6.07, 6.45) is 2.61. The van der Waals surface area contributed by atoms with Crippen LogP contribution in [0.15, 0.2) is 12.1 Å². The van der Waals surface area contributed by atoms with Gasteiger partial charge in [-0.1, -0.05) is 11.6 Å². The maximum absolute atomic E-state index is 5.93. The standard InChI is InChI=1S/C12H17Cl2NOS/c13-5-8-16-10-3-6-15(7-4-10)9-11-1-2-12(14)17-11/h1-2,10H,3-9H2. The first-order valence-corrected chi connectivity index (χ1v) is 7.65. The normalized spacial score (nSPS) is 18.7. The molecule has 0 atom stereocenters. The molecule has 5 heteroatoms. The molecule has 1 saturated heterocycles. The van der Waals surface area contributed by atoms with E-state index in [1.165, 1.54) is 4.88 Å². The van der Waals surface area contributed by atoms with E-state index in [2.05, 4.69) is 11.0 Å². The number of likely N-dealkylation sites (tertiary alicyclic amines) is 1. The van der Waals surface area contributed by atoms with Crippen LogP contribution in [0.25, 0.3) is 0 Å². The second kappa shape index (κ2) is 6.95. The molecule has 0 spiro atoms. The SMILES string of the molecule is ClCCOC1CCN(Cc2ccc(Cl)s2)CC1. The molecule has 0 N–H and O–H groups in total. The van der Waals surface area contributed by atoms with Crippen LogP contribution in [0, 0.1) is 0 Å². The zero-order chi connectivity index (χ0) is 12.1. The van der Waals surface area contributed by atoms with Crippen LogP contribution in [-0.4, -0.2) is 36.6 Å². The van der Waals surface area contributed by atoms with Gasteiger partial charge in [0.1, 0.15) is 0 Å². The molecule has 0 bridgehead atoms. The molecular formula is C12H17Cl2NOS. The van der Waals surface area contributed by atoms with E-state index in [-0.39, 0.29) is 0 Å². The Morgan fingerprint density at radius 1 is 1.35 bits per heavy atom. The third-order valence-electron chi connectivity index (χ3n) is 2.97. The quantitative estimate of drug-likeness (QED) is 0.769. The van der Waals surface area contributed by atoms with Crippen LogP contribution in [-0.2, 0) is 11.3 Å². The Morgan fingerprint density at radius 3 is 2.71 bits per heavy atom. The van der Waals surface area contributed by atoms with E-state index >= 15 is 0 Å². The molecule has 17 heavy (non-hydrogen) atoms. The number of thiophene rings is 1. The largest absolute Gasteiger partial charge is 0.377 e. The number of alkyl halides is 1. The molecule has 0 saturated carbocycles. The van der Waals surface area contributed by atoms with E-state index in [4.69, 9.17) is 27.9 Å². The Kier molecular flexibility index (Phi) is 5.57. The topological polar surface area (TPSA) is 12.5 Å². The van der Waals surface area contributed by atoms with Crippen LogP contribution >= 0.6 is 34.5 Å². The van der Waals surface area contributed by atoms with Gasteiger partial charge in [0.25, 0.3) is 0 Å². The first kappa shape index (κ1) is 13.6. The minimum absolute atomic E-state index is 0.400. The van der Waals surface area contributed by atoms with E-state index in [0.717, 1.165) is 36.8 Å². The predicted octanol–water partition coefficient (Wildman–Crippen LogP) is 3.62. The summed E-state index contributed by atoms with van der Waals surface area (Å²) in [6, 6.07) is 4.08. The van der Waals surface area contributed by atoms with Crippen LogP contribution in [0.3, 0.4) is 0 Å². The molecule has 1 aliphatic rings. The number of hydrogen-bond acceptors (Lipinski definition) is 3. The average Bonchev–Trinajstić information content (AvgIpc) is 2.74. The van der Waals surface area contributed by atoms with E-state index in [1.807, 2.05) is 6.07 Å². The van der Waals surface area contributed by atoms with Gasteiger partial charge in [-0.05, 0) is 25.0 Å². The van der Waals surface area contributed by atoms with E-state index in [9.17, 15) is 0 Å². The summed E-state index contributed by atoms with van der Waals surface area (Å²) in [5.74, 6) is 0.591. The van der Waals surface area contributed by atoms with E-state index in [0.29, 0.717) is 18.6 Å². The second-order valence-electron chi connectivity index (χ2n) is 4.24. The van der Waals surface area contributed by atoms with Crippen molar-refractivity contribution in [3.63, 3.8) is 0 Å². The second-order valence-corrected chi connectivity index (χ2v) is 6.42. The third kappa shape index (κ3) is 4.42. The van der Waals surface area contributed by atoms with Gasteiger partial charge in [-0.3, -0.25) is 4.90 Å². The molecular weight excluding hydrogens is 277 g/mol. The van der Waals surface area contributed by atoms with Crippen molar-refractivity contribution < 1.29 is 4.74 Å². The molecule has 2 rings (SSSR count). The van der Waals surface area contributed by atoms with Gasteiger partial charge in [0, 0.05) is 30.4 Å². The number of piperidine rings is 1. The molecule has 2 nitrogen and oxygen atoms in total. The Balaban J connectivity index is 1.72. The number of ether oxygens (including phenoxy) is 1. The molecule has 0 unspecified atom stereocenters. The van der Waals surface area contributed by atoms with Gasteiger partial charge in [0.2, 0.25) is 0 Å². The van der Waals surface area contributed by atoms with Crippen molar-refractivity contribution >= 4 is 34.5 Å². The molecule has 1 fully saturated rings. The third-order valence-corrected chi connectivity index (χ3v) is 4.34. The van der Waals surface area contributed by atoms with Crippen molar-refractivity contribution in [2.45, 2.75) is 25.5 Å². The van der Waals surface area contributed by atoms with Crippen molar-refractivity contribution in [1.82, 2.24) is 4.90 Å². The predicted molar refractivity (Wildman–Crippen MR) is 74.3 cm³/mol. The number of hydrogen-bond donors (Lipinski definition) is 0. The highest BCUT2D eigenvalue weighted by atomic mass is 35.5. The first-order chi connectivity index (χ1) is 8.28. The number of nitrogens with zero attached hydrogens (tertiary/aromatic N) is 1. The van der Waals surface area contributed by atoms with Gasteiger partial charge in [-0.15, -0.1) is 22.9 Å². The summed E-state index contributed by atoms with van der Waals surface area (Å²) in [6.45, 7) is 3.89. The fourth-order valence-electron chi connectivity index (χ4n) is 2.10. The molecule has 0 radical (unpaired) electrons. The maximum Gasteiger partial charge on any atom is 0.0931 e. The van der Waals surface area contributed by atoms with Crippen LogP contribution in [0.4, 0.5) is 0 Å². The highest BCUT2D eigenvalue weighted by Crippen LogP contribution is 2.24. The maximum atomic E-state index is 5.93. The average molecular weight is 294 g/mol. The number of rotatable bonds is 5. The monoisotopic (exact) mass is 293 g/mol. The van der Waals surface area contributed by atoms with Crippen LogP contribution in [0.2, 0.25) is 4.34 Å². The molecule has 2 heterocycles. The van der Waals surface area contributed by atoms with E-state index < -0.39 is 0 Å². The van der Waals surface area contributed by atoms with Gasteiger partial charge < -0.3 is 4.74 Å². The number of halogens is 2. The molecule has 1 aromatic rings. The van der Waals surface area contributed by atoms with E-state index in [1.54, 1.807) is 11.3 Å². The highest BCUT2D eigenvalue weighted by molar-refractivity contribution is 7.16. The van der Waals surface area contributed by atoms with Gasteiger partial charge >= 0.3 is 0 Å². The van der Waals surface area contributed by atoms with Crippen LogP contribution in [0.1, 0.15) is 17.7 Å². The zero-order valence-electron chi connectivity index (χ0n) is 9.70. The minimum atomic E-state index is 0.400. The molecule has 0 aliphatic carbocycles. The lowest BCUT2D eigenvalue weighted by Crippen LogP contribution is -2.36. The van der Waals surface area contributed by atoms with Gasteiger partial charge in [-0.25, -0.2) is 0 Å². The Morgan fingerprint density at radius 2 is 2.12 bits per heavy atom. The van der Waals surface area contributed by atoms with Crippen LogP contribution < -0.4 is 0 Å². The van der Waals surface area contributed by atoms with Crippen molar-refractivity contribution in [3.8, 4) is 0 Å². The van der Waals surface area contributed by atoms with Crippen molar-refractivity contribution in [2.24, 2.45) is 0 Å². The summed E-state index contributed by atoms with van der Waals surface area (Å²) < 4.78 is 6.53. The molecule has 1 aromatic heterocycles. The summed E-state index contributed by atoms with van der Waals surface area (Å²) >= 11 is 13.2. The summed E-state index contributed by atoms with van der Waals surface area (Å²) in [4.78, 5) is 3.80.